The van der Waals surface area contributed by atoms with Crippen LogP contribution >= 0.6 is 0 Å². The van der Waals surface area contributed by atoms with Crippen LogP contribution in [0.2, 0.25) is 0 Å². The van der Waals surface area contributed by atoms with Gasteiger partial charge in [0.05, 0.1) is 33.3 Å². The van der Waals surface area contributed by atoms with Crippen LogP contribution in [0.25, 0.3) is 66.6 Å². The van der Waals surface area contributed by atoms with Crippen LogP contribution in [0.15, 0.2) is 235 Å². The molecule has 0 saturated carbocycles. The van der Waals surface area contributed by atoms with Gasteiger partial charge in [0.1, 0.15) is 11.2 Å². The SMILES string of the molecule is c1ccc(C2(c3ccccc3)c3ccccc3-c3cc(-c4nc5ccccc5nc4-c4ccc5c(c4)oc4ccccc45)ccc3C2(c2ccccc2)c2ccccc2)cc1. The van der Waals surface area contributed by atoms with Gasteiger partial charge in [0.15, 0.2) is 0 Å². The molecular weight excluding hydrogens is 741 g/mol. The first kappa shape index (κ1) is 35.1. The van der Waals surface area contributed by atoms with Crippen LogP contribution in [0, 0.1) is 0 Å². The zero-order valence-corrected chi connectivity index (χ0v) is 33.2. The fourth-order valence-corrected chi connectivity index (χ4v) is 10.5. The first-order valence-electron chi connectivity index (χ1n) is 20.9. The van der Waals surface area contributed by atoms with E-state index in [1.807, 2.05) is 30.3 Å². The van der Waals surface area contributed by atoms with Crippen LogP contribution in [0.5, 0.6) is 0 Å². The summed E-state index contributed by atoms with van der Waals surface area (Å²) in [5.41, 5.74) is 15.2. The Hall–Kier alpha value is -7.88. The molecule has 286 valence electrons. The van der Waals surface area contributed by atoms with E-state index in [0.29, 0.717) is 0 Å². The largest absolute Gasteiger partial charge is 0.456 e. The number of furan rings is 1. The van der Waals surface area contributed by atoms with E-state index in [4.69, 9.17) is 14.4 Å². The zero-order valence-electron chi connectivity index (χ0n) is 33.2. The van der Waals surface area contributed by atoms with Gasteiger partial charge in [-0.05, 0) is 80.9 Å². The topological polar surface area (TPSA) is 38.9 Å². The van der Waals surface area contributed by atoms with E-state index in [1.54, 1.807) is 0 Å². The molecule has 3 heteroatoms. The van der Waals surface area contributed by atoms with Crippen molar-refractivity contribution in [3.05, 3.63) is 264 Å². The van der Waals surface area contributed by atoms with E-state index in [-0.39, 0.29) is 0 Å². The first-order chi connectivity index (χ1) is 30.2. The molecule has 0 saturated heterocycles. The van der Waals surface area contributed by atoms with Crippen molar-refractivity contribution in [1.29, 1.82) is 0 Å². The molecule has 12 rings (SSSR count). The van der Waals surface area contributed by atoms with Gasteiger partial charge in [-0.2, -0.15) is 0 Å². The lowest BCUT2D eigenvalue weighted by Crippen LogP contribution is -2.54. The zero-order chi connectivity index (χ0) is 40.4. The quantitative estimate of drug-likeness (QED) is 0.169. The molecule has 0 amide bonds. The molecule has 0 fully saturated rings. The van der Waals surface area contributed by atoms with Gasteiger partial charge in [-0.25, -0.2) is 9.97 Å². The summed E-state index contributed by atoms with van der Waals surface area (Å²) >= 11 is 0. The second-order valence-corrected chi connectivity index (χ2v) is 16.0. The third-order valence-corrected chi connectivity index (χ3v) is 12.9. The molecule has 3 nitrogen and oxygen atoms in total. The fraction of sp³-hybridized carbons (Fsp3) is 0.0345. The van der Waals surface area contributed by atoms with Crippen molar-refractivity contribution in [1.82, 2.24) is 9.97 Å². The highest BCUT2D eigenvalue weighted by Gasteiger charge is 2.61. The average molecular weight is 779 g/mol. The molecule has 0 spiro atoms. The number of rotatable bonds is 6. The maximum Gasteiger partial charge on any atom is 0.136 e. The van der Waals surface area contributed by atoms with Crippen LogP contribution in [0.4, 0.5) is 0 Å². The summed E-state index contributed by atoms with van der Waals surface area (Å²) in [6, 6.07) is 83.4. The summed E-state index contributed by atoms with van der Waals surface area (Å²) in [5.74, 6) is 0. The number of fused-ring (bicyclic) bond motifs is 7. The number of hydrogen-bond donors (Lipinski definition) is 0. The molecule has 1 aliphatic rings. The lowest BCUT2D eigenvalue weighted by Gasteiger charge is -2.57. The Labute approximate surface area is 354 Å². The Morgan fingerprint density at radius 1 is 0.311 bits per heavy atom. The van der Waals surface area contributed by atoms with Gasteiger partial charge in [0.25, 0.3) is 0 Å². The normalized spacial score (nSPS) is 13.8. The lowest BCUT2D eigenvalue weighted by atomic mass is 9.43. The molecule has 11 aromatic rings. The maximum absolute atomic E-state index is 6.41. The number of para-hydroxylation sites is 3. The Bertz CT molecular complexity index is 3330. The van der Waals surface area contributed by atoms with Crippen molar-refractivity contribution in [3.8, 4) is 33.6 Å². The first-order valence-corrected chi connectivity index (χ1v) is 20.9. The van der Waals surface area contributed by atoms with Crippen molar-refractivity contribution in [2.75, 3.05) is 0 Å². The molecule has 1 aliphatic carbocycles. The van der Waals surface area contributed by atoms with Gasteiger partial charge < -0.3 is 4.42 Å². The summed E-state index contributed by atoms with van der Waals surface area (Å²) in [6.07, 6.45) is 0. The molecule has 2 aromatic heterocycles. The summed E-state index contributed by atoms with van der Waals surface area (Å²) in [6.45, 7) is 0. The van der Waals surface area contributed by atoms with E-state index in [2.05, 4.69) is 200 Å². The van der Waals surface area contributed by atoms with E-state index in [0.717, 1.165) is 61.1 Å². The van der Waals surface area contributed by atoms with Crippen molar-refractivity contribution in [3.63, 3.8) is 0 Å². The second-order valence-electron chi connectivity index (χ2n) is 16.0. The average Bonchev–Trinajstić information content (AvgIpc) is 3.72. The highest BCUT2D eigenvalue weighted by atomic mass is 16.3. The number of aromatic nitrogens is 2. The highest BCUT2D eigenvalue weighted by Crippen LogP contribution is 2.65. The Morgan fingerprint density at radius 2 is 0.738 bits per heavy atom. The van der Waals surface area contributed by atoms with Gasteiger partial charge in [-0.15, -0.1) is 0 Å². The molecule has 0 bridgehead atoms. The molecular formula is C58H38N2O. The van der Waals surface area contributed by atoms with Crippen molar-refractivity contribution in [2.24, 2.45) is 0 Å². The third-order valence-electron chi connectivity index (χ3n) is 12.9. The minimum atomic E-state index is -0.731. The lowest BCUT2D eigenvalue weighted by molar-refractivity contribution is 0.415. The standard InChI is InChI=1S/C58H38N2O/c1-5-19-41(20-6-1)57(42-21-7-2-8-22-42)49-29-15-13-27-45(49)48-37-39(34-36-50(48)58(57,43-23-9-3-10-24-43)44-25-11-4-12-26-44)55-56(60-52-31-17-16-30-51(52)59-55)40-33-35-47-46-28-14-18-32-53(46)61-54(47)38-40/h1-38H. The highest BCUT2D eigenvalue weighted by molar-refractivity contribution is 6.06. The maximum atomic E-state index is 6.41. The predicted molar refractivity (Wildman–Crippen MR) is 249 cm³/mol. The molecule has 2 heterocycles. The summed E-state index contributed by atoms with van der Waals surface area (Å²) in [4.78, 5) is 10.8. The van der Waals surface area contributed by atoms with Gasteiger partial charge in [0.2, 0.25) is 0 Å². The molecule has 0 N–H and O–H groups in total. The molecule has 0 unspecified atom stereocenters. The summed E-state index contributed by atoms with van der Waals surface area (Å²) < 4.78 is 6.41. The smallest absolute Gasteiger partial charge is 0.136 e. The Balaban J connectivity index is 1.20. The number of benzene rings is 9. The third kappa shape index (κ3) is 5.11. The molecule has 9 aromatic carbocycles. The van der Waals surface area contributed by atoms with Crippen molar-refractivity contribution < 1.29 is 4.42 Å². The van der Waals surface area contributed by atoms with Crippen LogP contribution in [0.3, 0.4) is 0 Å². The van der Waals surface area contributed by atoms with Crippen molar-refractivity contribution >= 4 is 33.0 Å². The predicted octanol–water partition coefficient (Wildman–Crippen LogP) is 14.2. The Kier molecular flexibility index (Phi) is 7.98. The van der Waals surface area contributed by atoms with Crippen LogP contribution in [-0.4, -0.2) is 9.97 Å². The van der Waals surface area contributed by atoms with Crippen LogP contribution in [0.1, 0.15) is 33.4 Å². The minimum Gasteiger partial charge on any atom is -0.456 e. The Morgan fingerprint density at radius 3 is 1.31 bits per heavy atom. The van der Waals surface area contributed by atoms with Gasteiger partial charge >= 0.3 is 0 Å². The molecule has 0 aliphatic heterocycles. The van der Waals surface area contributed by atoms with Gasteiger partial charge in [-0.1, -0.05) is 194 Å². The molecule has 61 heavy (non-hydrogen) atoms. The van der Waals surface area contributed by atoms with Crippen molar-refractivity contribution in [2.45, 2.75) is 10.8 Å². The van der Waals surface area contributed by atoms with E-state index in [1.165, 1.54) is 38.9 Å². The summed E-state index contributed by atoms with van der Waals surface area (Å²) in [7, 11) is 0. The van der Waals surface area contributed by atoms with E-state index < -0.39 is 10.8 Å². The minimum absolute atomic E-state index is 0.695. The van der Waals surface area contributed by atoms with Crippen LogP contribution in [-0.2, 0) is 10.8 Å². The van der Waals surface area contributed by atoms with Gasteiger partial charge in [-0.3, -0.25) is 0 Å². The fourth-order valence-electron chi connectivity index (χ4n) is 10.5. The van der Waals surface area contributed by atoms with Gasteiger partial charge in [0, 0.05) is 21.9 Å². The van der Waals surface area contributed by atoms with Crippen LogP contribution < -0.4 is 0 Å². The monoisotopic (exact) mass is 778 g/mol. The number of nitrogens with zero attached hydrogens (tertiary/aromatic N) is 2. The van der Waals surface area contributed by atoms with E-state index in [9.17, 15) is 0 Å². The second kappa shape index (κ2) is 13.9. The molecule has 0 radical (unpaired) electrons. The summed E-state index contributed by atoms with van der Waals surface area (Å²) in [5, 5.41) is 2.18. The molecule has 0 atom stereocenters. The number of hydrogen-bond acceptors (Lipinski definition) is 3. The van der Waals surface area contributed by atoms with E-state index >= 15 is 0 Å².